The molecule has 0 radical (unpaired) electrons. The van der Waals surface area contributed by atoms with Crippen LogP contribution in [0.25, 0.3) is 0 Å². The summed E-state index contributed by atoms with van der Waals surface area (Å²) in [5.74, 6) is 0.480. The third-order valence-corrected chi connectivity index (χ3v) is 1.21. The molecule has 1 aromatic rings. The van der Waals surface area contributed by atoms with Crippen LogP contribution in [0.3, 0.4) is 0 Å². The summed E-state index contributed by atoms with van der Waals surface area (Å²) in [5, 5.41) is 0. The number of pyridine rings is 1. The van der Waals surface area contributed by atoms with Crippen molar-refractivity contribution in [2.45, 2.75) is 6.92 Å². The highest BCUT2D eigenvalue weighted by Crippen LogP contribution is 2.05. The quantitative estimate of drug-likeness (QED) is 0.663. The first-order chi connectivity index (χ1) is 5.33. The Balaban J connectivity index is 2.52. The van der Waals surface area contributed by atoms with E-state index in [2.05, 4.69) is 4.98 Å². The second-order valence-electron chi connectivity index (χ2n) is 2.21. The molecule has 1 heterocycles. The van der Waals surface area contributed by atoms with Crippen LogP contribution in [0.2, 0.25) is 0 Å². The lowest BCUT2D eigenvalue weighted by Gasteiger charge is -2.00. The minimum absolute atomic E-state index is 0.0794. The maximum Gasteiger partial charge on any atom is 0.213 e. The molecule has 0 aliphatic carbocycles. The number of halogens is 1. The van der Waals surface area contributed by atoms with Gasteiger partial charge in [0.05, 0.1) is 0 Å². The molecule has 0 N–H and O–H groups in total. The molecule has 0 atom stereocenters. The van der Waals surface area contributed by atoms with Gasteiger partial charge >= 0.3 is 0 Å². The molecule has 1 rings (SSSR count). The zero-order chi connectivity index (χ0) is 8.10. The molecule has 0 saturated heterocycles. The minimum Gasteiger partial charge on any atom is -0.475 e. The van der Waals surface area contributed by atoms with Crippen LogP contribution in [0.15, 0.2) is 18.3 Å². The van der Waals surface area contributed by atoms with Crippen LogP contribution in [0.1, 0.15) is 5.56 Å². The molecular formula is C8H10FNO. The standard InChI is InChI=1S/C8H10FNO/c1-7-2-3-8(10-6-7)11-5-4-9/h2-3,6H,4-5H2,1H3. The van der Waals surface area contributed by atoms with Crippen LogP contribution < -0.4 is 4.74 Å². The fourth-order valence-electron chi connectivity index (χ4n) is 0.683. The van der Waals surface area contributed by atoms with Crippen molar-refractivity contribution in [1.82, 2.24) is 4.98 Å². The second kappa shape index (κ2) is 3.91. The smallest absolute Gasteiger partial charge is 0.213 e. The van der Waals surface area contributed by atoms with Crippen LogP contribution in [-0.4, -0.2) is 18.3 Å². The Bertz CT molecular complexity index is 210. The van der Waals surface area contributed by atoms with Crippen molar-refractivity contribution in [1.29, 1.82) is 0 Å². The molecule has 3 heteroatoms. The molecular weight excluding hydrogens is 145 g/mol. The molecule has 11 heavy (non-hydrogen) atoms. The largest absolute Gasteiger partial charge is 0.475 e. The van der Waals surface area contributed by atoms with Gasteiger partial charge in [0.2, 0.25) is 5.88 Å². The Hall–Kier alpha value is -1.12. The van der Waals surface area contributed by atoms with Gasteiger partial charge in [-0.15, -0.1) is 0 Å². The number of nitrogens with zero attached hydrogens (tertiary/aromatic N) is 1. The average molecular weight is 155 g/mol. The first-order valence-electron chi connectivity index (χ1n) is 3.44. The van der Waals surface area contributed by atoms with Gasteiger partial charge in [0.1, 0.15) is 13.3 Å². The molecule has 0 fully saturated rings. The summed E-state index contributed by atoms with van der Waals surface area (Å²) < 4.78 is 16.5. The summed E-state index contributed by atoms with van der Waals surface area (Å²) in [6.45, 7) is 1.54. The third kappa shape index (κ3) is 2.53. The highest BCUT2D eigenvalue weighted by molar-refractivity contribution is 5.16. The summed E-state index contributed by atoms with van der Waals surface area (Å²) in [5.41, 5.74) is 1.07. The van der Waals surface area contributed by atoms with Crippen LogP contribution in [0, 0.1) is 6.92 Å². The normalized spacial score (nSPS) is 9.64. The van der Waals surface area contributed by atoms with E-state index < -0.39 is 6.67 Å². The van der Waals surface area contributed by atoms with Gasteiger partial charge in [-0.1, -0.05) is 6.07 Å². The second-order valence-corrected chi connectivity index (χ2v) is 2.21. The van der Waals surface area contributed by atoms with E-state index in [4.69, 9.17) is 4.74 Å². The fraction of sp³-hybridized carbons (Fsp3) is 0.375. The van der Waals surface area contributed by atoms with Gasteiger partial charge in [0, 0.05) is 12.3 Å². The average Bonchev–Trinajstić information content (AvgIpc) is 2.04. The lowest BCUT2D eigenvalue weighted by molar-refractivity contribution is 0.264. The number of alkyl halides is 1. The number of aromatic nitrogens is 1. The van der Waals surface area contributed by atoms with Gasteiger partial charge in [-0.2, -0.15) is 0 Å². The van der Waals surface area contributed by atoms with Crippen LogP contribution in [0.4, 0.5) is 4.39 Å². The number of aryl methyl sites for hydroxylation is 1. The lowest BCUT2D eigenvalue weighted by Crippen LogP contribution is -1.99. The van der Waals surface area contributed by atoms with E-state index in [9.17, 15) is 4.39 Å². The topological polar surface area (TPSA) is 22.1 Å². The molecule has 0 aromatic carbocycles. The molecule has 0 unspecified atom stereocenters. The Morgan fingerprint density at radius 3 is 2.91 bits per heavy atom. The summed E-state index contributed by atoms with van der Waals surface area (Å²) in [6.07, 6.45) is 1.69. The van der Waals surface area contributed by atoms with Gasteiger partial charge in [-0.05, 0) is 12.5 Å². The summed E-state index contributed by atoms with van der Waals surface area (Å²) in [4.78, 5) is 3.93. The van der Waals surface area contributed by atoms with Gasteiger partial charge in [-0.3, -0.25) is 0 Å². The number of rotatable bonds is 3. The summed E-state index contributed by atoms with van der Waals surface area (Å²) in [7, 11) is 0. The van der Waals surface area contributed by atoms with E-state index in [-0.39, 0.29) is 6.61 Å². The highest BCUT2D eigenvalue weighted by Gasteiger charge is 1.92. The highest BCUT2D eigenvalue weighted by atomic mass is 19.1. The van der Waals surface area contributed by atoms with Gasteiger partial charge < -0.3 is 4.74 Å². The summed E-state index contributed by atoms with van der Waals surface area (Å²) >= 11 is 0. The third-order valence-electron chi connectivity index (χ3n) is 1.21. The van der Waals surface area contributed by atoms with Crippen molar-refractivity contribution in [2.75, 3.05) is 13.3 Å². The molecule has 0 aliphatic heterocycles. The summed E-state index contributed by atoms with van der Waals surface area (Å²) in [6, 6.07) is 3.60. The molecule has 60 valence electrons. The molecule has 0 spiro atoms. The Morgan fingerprint density at radius 1 is 1.55 bits per heavy atom. The van der Waals surface area contributed by atoms with Crippen LogP contribution in [0.5, 0.6) is 5.88 Å². The maximum atomic E-state index is 11.6. The zero-order valence-electron chi connectivity index (χ0n) is 6.38. The van der Waals surface area contributed by atoms with Crippen LogP contribution in [-0.2, 0) is 0 Å². The Labute approximate surface area is 65.0 Å². The molecule has 0 aliphatic rings. The maximum absolute atomic E-state index is 11.6. The van der Waals surface area contributed by atoms with Gasteiger partial charge in [0.25, 0.3) is 0 Å². The fourth-order valence-corrected chi connectivity index (χ4v) is 0.683. The van der Waals surface area contributed by atoms with E-state index in [1.54, 1.807) is 12.3 Å². The Morgan fingerprint density at radius 2 is 2.36 bits per heavy atom. The van der Waals surface area contributed by atoms with Crippen molar-refractivity contribution in [3.8, 4) is 5.88 Å². The van der Waals surface area contributed by atoms with Gasteiger partial charge in [0.15, 0.2) is 0 Å². The Kier molecular flexibility index (Phi) is 2.83. The molecule has 0 amide bonds. The van der Waals surface area contributed by atoms with Crippen molar-refractivity contribution >= 4 is 0 Å². The SMILES string of the molecule is Cc1ccc(OCCF)nc1. The van der Waals surface area contributed by atoms with E-state index in [0.717, 1.165) is 5.56 Å². The molecule has 1 aromatic heterocycles. The molecule has 0 bridgehead atoms. The van der Waals surface area contributed by atoms with Crippen molar-refractivity contribution in [3.63, 3.8) is 0 Å². The minimum atomic E-state index is -0.477. The predicted molar refractivity (Wildman–Crippen MR) is 40.4 cm³/mol. The van der Waals surface area contributed by atoms with E-state index >= 15 is 0 Å². The van der Waals surface area contributed by atoms with E-state index in [1.807, 2.05) is 13.0 Å². The zero-order valence-corrected chi connectivity index (χ0v) is 6.38. The first kappa shape index (κ1) is 7.98. The number of hydrogen-bond acceptors (Lipinski definition) is 2. The van der Waals surface area contributed by atoms with Gasteiger partial charge in [-0.25, -0.2) is 9.37 Å². The van der Waals surface area contributed by atoms with Crippen LogP contribution >= 0.6 is 0 Å². The van der Waals surface area contributed by atoms with Crippen molar-refractivity contribution < 1.29 is 9.13 Å². The monoisotopic (exact) mass is 155 g/mol. The van der Waals surface area contributed by atoms with Crippen molar-refractivity contribution in [2.24, 2.45) is 0 Å². The predicted octanol–water partition coefficient (Wildman–Crippen LogP) is 1.74. The van der Waals surface area contributed by atoms with E-state index in [0.29, 0.717) is 5.88 Å². The van der Waals surface area contributed by atoms with Crippen molar-refractivity contribution in [3.05, 3.63) is 23.9 Å². The lowest BCUT2D eigenvalue weighted by atomic mass is 10.3. The number of ether oxygens (including phenoxy) is 1. The number of hydrogen-bond donors (Lipinski definition) is 0. The van der Waals surface area contributed by atoms with E-state index in [1.165, 1.54) is 0 Å². The first-order valence-corrected chi connectivity index (χ1v) is 3.44. The molecule has 2 nitrogen and oxygen atoms in total. The molecule has 0 saturated carbocycles.